The molecule has 3 heteroatoms. The molecular formula is C14H16NO2. The highest BCUT2D eigenvalue weighted by Crippen LogP contribution is 2.18. The van der Waals surface area contributed by atoms with Gasteiger partial charge in [-0.25, -0.2) is 9.36 Å². The average Bonchev–Trinajstić information content (AvgIpc) is 2.57. The predicted molar refractivity (Wildman–Crippen MR) is 67.1 cm³/mol. The third kappa shape index (κ3) is 2.49. The average molecular weight is 230 g/mol. The van der Waals surface area contributed by atoms with E-state index in [2.05, 4.69) is 6.20 Å². The minimum atomic E-state index is -0.494. The molecule has 1 aromatic heterocycles. The Labute approximate surface area is 101 Å². The highest BCUT2D eigenvalue weighted by Gasteiger charge is 2.18. The zero-order chi connectivity index (χ0) is 12.6. The van der Waals surface area contributed by atoms with E-state index in [1.807, 2.05) is 45.9 Å². The second-order valence-corrected chi connectivity index (χ2v) is 5.15. The van der Waals surface area contributed by atoms with Crippen molar-refractivity contribution < 1.29 is 9.53 Å². The van der Waals surface area contributed by atoms with Crippen molar-refractivity contribution in [3.8, 4) is 0 Å². The van der Waals surface area contributed by atoms with E-state index >= 15 is 0 Å². The van der Waals surface area contributed by atoms with Crippen molar-refractivity contribution in [1.82, 2.24) is 4.57 Å². The molecule has 0 saturated carbocycles. The van der Waals surface area contributed by atoms with Gasteiger partial charge in [0.1, 0.15) is 5.60 Å². The van der Waals surface area contributed by atoms with Crippen molar-refractivity contribution >= 4 is 17.0 Å². The number of benzene rings is 1. The number of rotatable bonds is 0. The van der Waals surface area contributed by atoms with Crippen molar-refractivity contribution in [3.63, 3.8) is 0 Å². The SMILES string of the molecule is Cc1ccc2c(c[c]n2C(=O)OC(C)(C)C)c1. The molecule has 2 aromatic rings. The molecule has 0 bridgehead atoms. The molecule has 0 aliphatic carbocycles. The lowest BCUT2D eigenvalue weighted by atomic mass is 10.2. The van der Waals surface area contributed by atoms with Gasteiger partial charge in [-0.2, -0.15) is 0 Å². The van der Waals surface area contributed by atoms with E-state index in [1.54, 1.807) is 6.07 Å². The number of ether oxygens (including phenoxy) is 1. The van der Waals surface area contributed by atoms with Crippen molar-refractivity contribution in [2.24, 2.45) is 0 Å². The Kier molecular flexibility index (Phi) is 2.69. The van der Waals surface area contributed by atoms with Gasteiger partial charge in [0.25, 0.3) is 0 Å². The lowest BCUT2D eigenvalue weighted by Crippen LogP contribution is -2.26. The van der Waals surface area contributed by atoms with Crippen LogP contribution in [0.3, 0.4) is 0 Å². The van der Waals surface area contributed by atoms with E-state index in [4.69, 9.17) is 4.74 Å². The number of carbonyl (C=O) groups is 1. The molecule has 89 valence electrons. The van der Waals surface area contributed by atoms with Gasteiger partial charge in [-0.1, -0.05) is 11.6 Å². The number of aryl methyl sites for hydroxylation is 1. The monoisotopic (exact) mass is 230 g/mol. The Hall–Kier alpha value is -1.77. The lowest BCUT2D eigenvalue weighted by Gasteiger charge is -2.19. The summed E-state index contributed by atoms with van der Waals surface area (Å²) < 4.78 is 6.73. The first-order valence-corrected chi connectivity index (χ1v) is 5.60. The Morgan fingerprint density at radius 3 is 2.71 bits per heavy atom. The quantitative estimate of drug-likeness (QED) is 0.693. The third-order valence-electron chi connectivity index (χ3n) is 2.35. The minimum absolute atomic E-state index is 0.392. The van der Waals surface area contributed by atoms with Crippen LogP contribution < -0.4 is 0 Å². The molecular weight excluding hydrogens is 214 g/mol. The van der Waals surface area contributed by atoms with Gasteiger partial charge in [-0.05, 0) is 45.9 Å². The molecule has 0 spiro atoms. The lowest BCUT2D eigenvalue weighted by molar-refractivity contribution is 0.0543. The van der Waals surface area contributed by atoms with E-state index < -0.39 is 11.7 Å². The van der Waals surface area contributed by atoms with Crippen LogP contribution in [-0.2, 0) is 4.74 Å². The number of nitrogens with zero attached hydrogens (tertiary/aromatic N) is 1. The maximum atomic E-state index is 11.9. The summed E-state index contributed by atoms with van der Waals surface area (Å²) in [5.74, 6) is 0. The minimum Gasteiger partial charge on any atom is -0.443 e. The van der Waals surface area contributed by atoms with E-state index in [0.29, 0.717) is 0 Å². The van der Waals surface area contributed by atoms with E-state index in [9.17, 15) is 4.79 Å². The zero-order valence-corrected chi connectivity index (χ0v) is 10.6. The molecule has 0 aliphatic heterocycles. The fraction of sp³-hybridized carbons (Fsp3) is 0.357. The normalized spacial score (nSPS) is 11.8. The molecule has 3 nitrogen and oxygen atoms in total. The van der Waals surface area contributed by atoms with Crippen molar-refractivity contribution in [2.75, 3.05) is 0 Å². The maximum absolute atomic E-state index is 11.9. The first-order chi connectivity index (χ1) is 7.87. The standard InChI is InChI=1S/C14H16NO2/c1-10-5-6-12-11(9-10)7-8-15(12)13(16)17-14(2,3)4/h5-7,9H,1-4H3. The third-order valence-corrected chi connectivity index (χ3v) is 2.35. The van der Waals surface area contributed by atoms with Crippen LogP contribution in [0.15, 0.2) is 24.3 Å². The molecule has 1 radical (unpaired) electrons. The summed E-state index contributed by atoms with van der Waals surface area (Å²) in [6.45, 7) is 7.56. The van der Waals surface area contributed by atoms with Crippen LogP contribution in [0.4, 0.5) is 4.79 Å². The molecule has 0 fully saturated rings. The van der Waals surface area contributed by atoms with Crippen molar-refractivity contribution in [3.05, 3.63) is 36.0 Å². The molecule has 0 unspecified atom stereocenters. The summed E-state index contributed by atoms with van der Waals surface area (Å²) in [6.07, 6.45) is 2.51. The van der Waals surface area contributed by atoms with Crippen LogP contribution in [-0.4, -0.2) is 16.3 Å². The first-order valence-electron chi connectivity index (χ1n) is 5.60. The fourth-order valence-corrected chi connectivity index (χ4v) is 1.66. The first kappa shape index (κ1) is 11.7. The smallest absolute Gasteiger partial charge is 0.419 e. The topological polar surface area (TPSA) is 31.2 Å². The fourth-order valence-electron chi connectivity index (χ4n) is 1.66. The molecule has 0 aliphatic rings. The van der Waals surface area contributed by atoms with Crippen LogP contribution in [0.2, 0.25) is 0 Å². The summed E-state index contributed by atoms with van der Waals surface area (Å²) in [4.78, 5) is 11.9. The molecule has 0 atom stereocenters. The van der Waals surface area contributed by atoms with E-state index in [-0.39, 0.29) is 0 Å². The Balaban J connectivity index is 2.40. The summed E-state index contributed by atoms with van der Waals surface area (Å²) in [6, 6.07) is 7.70. The molecule has 1 aromatic carbocycles. The van der Waals surface area contributed by atoms with Gasteiger partial charge in [0, 0.05) is 5.39 Å². The van der Waals surface area contributed by atoms with Crippen LogP contribution in [0, 0.1) is 13.1 Å². The zero-order valence-electron chi connectivity index (χ0n) is 10.6. The number of hydrogen-bond acceptors (Lipinski definition) is 2. The van der Waals surface area contributed by atoms with Crippen molar-refractivity contribution in [2.45, 2.75) is 33.3 Å². The van der Waals surface area contributed by atoms with Gasteiger partial charge in [0.2, 0.25) is 0 Å². The second kappa shape index (κ2) is 3.91. The summed E-state index contributed by atoms with van der Waals surface area (Å²) in [5.41, 5.74) is 1.49. The summed E-state index contributed by atoms with van der Waals surface area (Å²) in [5, 5.41) is 0.996. The Morgan fingerprint density at radius 1 is 1.35 bits per heavy atom. The van der Waals surface area contributed by atoms with E-state index in [1.165, 1.54) is 4.57 Å². The van der Waals surface area contributed by atoms with Crippen LogP contribution in [0.1, 0.15) is 26.3 Å². The molecule has 0 N–H and O–H groups in total. The van der Waals surface area contributed by atoms with Gasteiger partial charge in [0.05, 0.1) is 11.7 Å². The van der Waals surface area contributed by atoms with Crippen LogP contribution >= 0.6 is 0 Å². The Morgan fingerprint density at radius 2 is 2.06 bits per heavy atom. The number of fused-ring (bicyclic) bond motifs is 1. The van der Waals surface area contributed by atoms with Gasteiger partial charge in [0.15, 0.2) is 0 Å². The number of aromatic nitrogens is 1. The molecule has 0 saturated heterocycles. The van der Waals surface area contributed by atoms with Gasteiger partial charge in [-0.15, -0.1) is 0 Å². The largest absolute Gasteiger partial charge is 0.443 e. The van der Waals surface area contributed by atoms with Gasteiger partial charge < -0.3 is 4.74 Å². The highest BCUT2D eigenvalue weighted by molar-refractivity contribution is 5.89. The van der Waals surface area contributed by atoms with Crippen LogP contribution in [0.5, 0.6) is 0 Å². The number of hydrogen-bond donors (Lipinski definition) is 0. The molecule has 2 rings (SSSR count). The predicted octanol–water partition coefficient (Wildman–Crippen LogP) is 3.53. The maximum Gasteiger partial charge on any atom is 0.419 e. The molecule has 1 heterocycles. The van der Waals surface area contributed by atoms with Gasteiger partial charge >= 0.3 is 6.09 Å². The van der Waals surface area contributed by atoms with Gasteiger partial charge in [-0.3, -0.25) is 0 Å². The second-order valence-electron chi connectivity index (χ2n) is 5.15. The molecule has 17 heavy (non-hydrogen) atoms. The molecule has 0 amide bonds. The highest BCUT2D eigenvalue weighted by atomic mass is 16.6. The van der Waals surface area contributed by atoms with Crippen LogP contribution in [0.25, 0.3) is 10.9 Å². The van der Waals surface area contributed by atoms with E-state index in [0.717, 1.165) is 16.5 Å². The summed E-state index contributed by atoms with van der Waals surface area (Å²) >= 11 is 0. The Bertz CT molecular complexity index is 561. The number of carbonyl (C=O) groups excluding carboxylic acids is 1. The summed E-state index contributed by atoms with van der Waals surface area (Å²) in [7, 11) is 0. The van der Waals surface area contributed by atoms with Crippen molar-refractivity contribution in [1.29, 1.82) is 0 Å².